The van der Waals surface area contributed by atoms with Gasteiger partial charge in [0.15, 0.2) is 0 Å². The Bertz CT molecular complexity index is 117. The van der Waals surface area contributed by atoms with Crippen LogP contribution in [0.5, 0.6) is 0 Å². The van der Waals surface area contributed by atoms with Crippen molar-refractivity contribution in [3.8, 4) is 0 Å². The van der Waals surface area contributed by atoms with Crippen molar-refractivity contribution < 1.29 is 0 Å². The monoisotopic (exact) mass is 174 g/mol. The van der Waals surface area contributed by atoms with E-state index in [1.54, 1.807) is 0 Å². The number of halogens is 1. The molecule has 0 spiro atoms. The fraction of sp³-hybridized carbons (Fsp3) is 1.00. The first-order valence-corrected chi connectivity index (χ1v) is 5.08. The predicted octanol–water partition coefficient (Wildman–Crippen LogP) is 3.83. The van der Waals surface area contributed by atoms with Crippen LogP contribution in [0, 0.1) is 11.8 Å². The van der Waals surface area contributed by atoms with Crippen LogP contribution in [-0.4, -0.2) is 4.87 Å². The summed E-state index contributed by atoms with van der Waals surface area (Å²) in [6.07, 6.45) is 5.07. The lowest BCUT2D eigenvalue weighted by Gasteiger charge is -2.34. The smallest absolute Gasteiger partial charge is 0.0419 e. The van der Waals surface area contributed by atoms with E-state index >= 15 is 0 Å². The van der Waals surface area contributed by atoms with Crippen LogP contribution in [0.4, 0.5) is 0 Å². The van der Waals surface area contributed by atoms with Gasteiger partial charge in [-0.15, -0.1) is 11.6 Å². The maximum atomic E-state index is 6.24. The molecule has 1 heteroatoms. The fourth-order valence-electron chi connectivity index (χ4n) is 1.91. The Labute approximate surface area is 75.3 Å². The second-order valence-electron chi connectivity index (χ2n) is 4.49. The third kappa shape index (κ3) is 2.66. The van der Waals surface area contributed by atoms with E-state index in [1.807, 2.05) is 0 Å². The molecule has 66 valence electrons. The Kier molecular flexibility index (Phi) is 2.85. The SMILES string of the molecule is CC(C)C1CCC(C)(Cl)CC1. The van der Waals surface area contributed by atoms with Crippen LogP contribution in [0.15, 0.2) is 0 Å². The standard InChI is InChI=1S/C10H19Cl/c1-8(2)9-4-6-10(3,11)7-5-9/h8-9H,4-7H2,1-3H3. The third-order valence-electron chi connectivity index (χ3n) is 3.02. The summed E-state index contributed by atoms with van der Waals surface area (Å²) in [6, 6.07) is 0. The summed E-state index contributed by atoms with van der Waals surface area (Å²) in [7, 11) is 0. The van der Waals surface area contributed by atoms with Crippen molar-refractivity contribution in [2.45, 2.75) is 51.3 Å². The molecule has 0 N–H and O–H groups in total. The van der Waals surface area contributed by atoms with Gasteiger partial charge < -0.3 is 0 Å². The summed E-state index contributed by atoms with van der Waals surface area (Å²) in [5.74, 6) is 1.78. The molecule has 0 aromatic heterocycles. The molecule has 0 amide bonds. The van der Waals surface area contributed by atoms with Crippen LogP contribution in [0.2, 0.25) is 0 Å². The van der Waals surface area contributed by atoms with Crippen molar-refractivity contribution in [1.82, 2.24) is 0 Å². The molecule has 0 aromatic rings. The number of hydrogen-bond acceptors (Lipinski definition) is 0. The fourth-order valence-corrected chi connectivity index (χ4v) is 2.13. The first-order valence-electron chi connectivity index (χ1n) is 4.70. The number of alkyl halides is 1. The molecule has 0 heterocycles. The normalized spacial score (nSPS) is 39.5. The van der Waals surface area contributed by atoms with E-state index in [0.29, 0.717) is 0 Å². The van der Waals surface area contributed by atoms with Crippen LogP contribution in [0.25, 0.3) is 0 Å². The molecule has 1 rings (SSSR count). The van der Waals surface area contributed by atoms with Gasteiger partial charge in [-0.3, -0.25) is 0 Å². The maximum Gasteiger partial charge on any atom is 0.0419 e. The summed E-state index contributed by atoms with van der Waals surface area (Å²) < 4.78 is 0. The zero-order valence-corrected chi connectivity index (χ0v) is 8.62. The lowest BCUT2D eigenvalue weighted by Crippen LogP contribution is -2.26. The Morgan fingerprint density at radius 3 is 2.09 bits per heavy atom. The minimum absolute atomic E-state index is 0.116. The molecule has 0 unspecified atom stereocenters. The summed E-state index contributed by atoms with van der Waals surface area (Å²) in [4.78, 5) is 0.116. The first kappa shape index (κ1) is 9.38. The molecule has 0 aromatic carbocycles. The third-order valence-corrected chi connectivity index (χ3v) is 3.39. The van der Waals surface area contributed by atoms with Crippen LogP contribution in [0.3, 0.4) is 0 Å². The van der Waals surface area contributed by atoms with E-state index in [4.69, 9.17) is 11.6 Å². The molecule has 1 saturated carbocycles. The van der Waals surface area contributed by atoms with Gasteiger partial charge in [0.05, 0.1) is 0 Å². The number of hydrogen-bond donors (Lipinski definition) is 0. The van der Waals surface area contributed by atoms with Gasteiger partial charge in [0, 0.05) is 4.87 Å². The molecule has 0 aliphatic heterocycles. The van der Waals surface area contributed by atoms with Crippen LogP contribution >= 0.6 is 11.6 Å². The second kappa shape index (κ2) is 3.35. The molecule has 1 aliphatic rings. The molecule has 0 nitrogen and oxygen atoms in total. The molecular formula is C10H19Cl. The van der Waals surface area contributed by atoms with Crippen LogP contribution < -0.4 is 0 Å². The van der Waals surface area contributed by atoms with E-state index in [9.17, 15) is 0 Å². The van der Waals surface area contributed by atoms with E-state index in [1.165, 1.54) is 25.7 Å². The summed E-state index contributed by atoms with van der Waals surface area (Å²) >= 11 is 6.24. The van der Waals surface area contributed by atoms with Crippen LogP contribution in [-0.2, 0) is 0 Å². The van der Waals surface area contributed by atoms with E-state index in [2.05, 4.69) is 20.8 Å². The van der Waals surface area contributed by atoms with Crippen molar-refractivity contribution in [2.75, 3.05) is 0 Å². The Morgan fingerprint density at radius 1 is 1.27 bits per heavy atom. The second-order valence-corrected chi connectivity index (χ2v) is 5.41. The average Bonchev–Trinajstić information content (AvgIpc) is 1.86. The molecule has 0 saturated heterocycles. The van der Waals surface area contributed by atoms with Gasteiger partial charge in [0.25, 0.3) is 0 Å². The zero-order chi connectivity index (χ0) is 8.48. The molecule has 0 bridgehead atoms. The Balaban J connectivity index is 2.36. The highest BCUT2D eigenvalue weighted by Gasteiger charge is 2.29. The molecule has 0 atom stereocenters. The molecule has 0 radical (unpaired) electrons. The Morgan fingerprint density at radius 2 is 1.73 bits per heavy atom. The summed E-state index contributed by atoms with van der Waals surface area (Å²) in [5, 5.41) is 0. The van der Waals surface area contributed by atoms with Crippen LogP contribution in [0.1, 0.15) is 46.5 Å². The van der Waals surface area contributed by atoms with Crippen molar-refractivity contribution >= 4 is 11.6 Å². The van der Waals surface area contributed by atoms with Gasteiger partial charge in [-0.25, -0.2) is 0 Å². The van der Waals surface area contributed by atoms with Crippen molar-refractivity contribution in [2.24, 2.45) is 11.8 Å². The van der Waals surface area contributed by atoms with Gasteiger partial charge in [-0.05, 0) is 44.4 Å². The number of rotatable bonds is 1. The summed E-state index contributed by atoms with van der Waals surface area (Å²) in [5.41, 5.74) is 0. The van der Waals surface area contributed by atoms with Crippen molar-refractivity contribution in [1.29, 1.82) is 0 Å². The average molecular weight is 175 g/mol. The maximum absolute atomic E-state index is 6.24. The Hall–Kier alpha value is 0.290. The van der Waals surface area contributed by atoms with Gasteiger partial charge in [0.2, 0.25) is 0 Å². The highest BCUT2D eigenvalue weighted by molar-refractivity contribution is 6.23. The van der Waals surface area contributed by atoms with E-state index in [0.717, 1.165) is 11.8 Å². The summed E-state index contributed by atoms with van der Waals surface area (Å²) in [6.45, 7) is 6.81. The quantitative estimate of drug-likeness (QED) is 0.530. The minimum Gasteiger partial charge on any atom is -0.120 e. The highest BCUT2D eigenvalue weighted by Crippen LogP contribution is 2.39. The molecule has 1 fully saturated rings. The first-order chi connectivity index (χ1) is 5.01. The highest BCUT2D eigenvalue weighted by atomic mass is 35.5. The van der Waals surface area contributed by atoms with Gasteiger partial charge in [-0.1, -0.05) is 13.8 Å². The van der Waals surface area contributed by atoms with Gasteiger partial charge in [0.1, 0.15) is 0 Å². The van der Waals surface area contributed by atoms with Crippen molar-refractivity contribution in [3.63, 3.8) is 0 Å². The van der Waals surface area contributed by atoms with Crippen molar-refractivity contribution in [3.05, 3.63) is 0 Å². The molecule has 1 aliphatic carbocycles. The lowest BCUT2D eigenvalue weighted by atomic mass is 9.77. The largest absolute Gasteiger partial charge is 0.120 e. The zero-order valence-electron chi connectivity index (χ0n) is 7.86. The minimum atomic E-state index is 0.116. The lowest BCUT2D eigenvalue weighted by molar-refractivity contribution is 0.248. The predicted molar refractivity (Wildman–Crippen MR) is 51.1 cm³/mol. The van der Waals surface area contributed by atoms with E-state index < -0.39 is 0 Å². The van der Waals surface area contributed by atoms with Gasteiger partial charge >= 0.3 is 0 Å². The topological polar surface area (TPSA) is 0 Å². The van der Waals surface area contributed by atoms with Gasteiger partial charge in [-0.2, -0.15) is 0 Å². The van der Waals surface area contributed by atoms with E-state index in [-0.39, 0.29) is 4.87 Å². The molecule has 11 heavy (non-hydrogen) atoms. The molecular weight excluding hydrogens is 156 g/mol.